The minimum absolute atomic E-state index is 0.689. The lowest BCUT2D eigenvalue weighted by atomic mass is 9.98. The lowest BCUT2D eigenvalue weighted by Crippen LogP contribution is -1.96. The molecule has 0 fully saturated rings. The third-order valence-corrected chi connectivity index (χ3v) is 11.3. The van der Waals surface area contributed by atoms with E-state index in [4.69, 9.17) is 14.4 Å². The van der Waals surface area contributed by atoms with Crippen LogP contribution < -0.4 is 0 Å². The van der Waals surface area contributed by atoms with Crippen LogP contribution in [0.5, 0.6) is 0 Å². The van der Waals surface area contributed by atoms with Crippen molar-refractivity contribution < 1.29 is 4.42 Å². The molecule has 4 heteroatoms. The van der Waals surface area contributed by atoms with Gasteiger partial charge in [0, 0.05) is 42.1 Å². The molecule has 0 aliphatic carbocycles. The molecule has 0 aliphatic rings. The first-order valence-corrected chi connectivity index (χ1v) is 17.6. The Hall–Kier alpha value is -6.36. The van der Waals surface area contributed by atoms with E-state index in [2.05, 4.69) is 158 Å². The summed E-state index contributed by atoms with van der Waals surface area (Å²) in [5.74, 6) is 0.689. The van der Waals surface area contributed by atoms with Gasteiger partial charge in [-0.3, -0.25) is 0 Å². The van der Waals surface area contributed by atoms with Gasteiger partial charge in [0.05, 0.1) is 16.6 Å². The minimum Gasteiger partial charge on any atom is -0.456 e. The molecule has 0 saturated heterocycles. The van der Waals surface area contributed by atoms with Gasteiger partial charge < -0.3 is 4.42 Å². The number of aromatic nitrogens is 2. The van der Waals surface area contributed by atoms with Crippen LogP contribution in [0.1, 0.15) is 0 Å². The number of hydrogen-bond acceptors (Lipinski definition) is 4. The molecule has 0 amide bonds. The van der Waals surface area contributed by atoms with Crippen molar-refractivity contribution >= 4 is 85.9 Å². The van der Waals surface area contributed by atoms with Gasteiger partial charge in [0.2, 0.25) is 0 Å². The van der Waals surface area contributed by atoms with Crippen LogP contribution in [-0.2, 0) is 0 Å². The number of nitrogens with zero attached hydrogens (tertiary/aromatic N) is 2. The van der Waals surface area contributed by atoms with Gasteiger partial charge in [-0.25, -0.2) is 9.97 Å². The molecule has 3 aromatic heterocycles. The number of furan rings is 1. The normalized spacial score (nSPS) is 12.0. The van der Waals surface area contributed by atoms with Gasteiger partial charge >= 0.3 is 0 Å². The smallest absolute Gasteiger partial charge is 0.160 e. The maximum Gasteiger partial charge on any atom is 0.160 e. The Labute approximate surface area is 290 Å². The number of rotatable bonds is 3. The fourth-order valence-corrected chi connectivity index (χ4v) is 8.91. The molecule has 0 bridgehead atoms. The Kier molecular flexibility index (Phi) is 5.83. The van der Waals surface area contributed by atoms with Crippen LogP contribution in [0, 0.1) is 0 Å². The summed E-state index contributed by atoms with van der Waals surface area (Å²) in [5, 5.41) is 10.4. The maximum atomic E-state index is 6.48. The van der Waals surface area contributed by atoms with Gasteiger partial charge in [-0.05, 0) is 63.0 Å². The lowest BCUT2D eigenvalue weighted by Gasteiger charge is -2.12. The highest BCUT2D eigenvalue weighted by atomic mass is 32.1. The summed E-state index contributed by atoms with van der Waals surface area (Å²) >= 11 is 1.86. The van der Waals surface area contributed by atoms with Gasteiger partial charge in [0.25, 0.3) is 0 Å². The highest BCUT2D eigenvalue weighted by Crippen LogP contribution is 2.42. The third-order valence-electron chi connectivity index (χ3n) is 10.1. The molecule has 0 spiro atoms. The van der Waals surface area contributed by atoms with E-state index in [1.54, 1.807) is 0 Å². The Morgan fingerprint density at radius 1 is 0.440 bits per heavy atom. The molecule has 0 saturated carbocycles. The molecule has 0 N–H and O–H groups in total. The molecule has 8 aromatic carbocycles. The summed E-state index contributed by atoms with van der Waals surface area (Å²) in [6, 6.07) is 56.0. The van der Waals surface area contributed by atoms with Crippen LogP contribution in [0.4, 0.5) is 0 Å². The SMILES string of the molecule is c1ccc2cc(-c3nc(-c4ccc(-c5cccc6c5sc5ccccc56)cc4)nc4c3ccc3oc5ccc6ccccc6c5c34)ccc2c1. The van der Waals surface area contributed by atoms with E-state index in [1.807, 2.05) is 11.3 Å². The summed E-state index contributed by atoms with van der Waals surface area (Å²) < 4.78 is 9.10. The summed E-state index contributed by atoms with van der Waals surface area (Å²) in [4.78, 5) is 10.7. The lowest BCUT2D eigenvalue weighted by molar-refractivity contribution is 0.669. The van der Waals surface area contributed by atoms with Crippen molar-refractivity contribution in [3.63, 3.8) is 0 Å². The van der Waals surface area contributed by atoms with E-state index >= 15 is 0 Å². The van der Waals surface area contributed by atoms with Crippen LogP contribution in [-0.4, -0.2) is 9.97 Å². The van der Waals surface area contributed by atoms with Crippen molar-refractivity contribution in [2.24, 2.45) is 0 Å². The van der Waals surface area contributed by atoms with E-state index in [0.29, 0.717) is 5.82 Å². The minimum atomic E-state index is 0.689. The molecule has 0 aliphatic heterocycles. The zero-order valence-corrected chi connectivity index (χ0v) is 27.5. The Morgan fingerprint density at radius 3 is 2.02 bits per heavy atom. The predicted molar refractivity (Wildman–Crippen MR) is 211 cm³/mol. The summed E-state index contributed by atoms with van der Waals surface area (Å²) in [5.41, 5.74) is 7.93. The number of fused-ring (bicyclic) bond motifs is 11. The second-order valence-corrected chi connectivity index (χ2v) is 14.0. The zero-order chi connectivity index (χ0) is 32.8. The first-order valence-electron chi connectivity index (χ1n) is 16.8. The first kappa shape index (κ1) is 27.6. The highest BCUT2D eigenvalue weighted by molar-refractivity contribution is 7.26. The molecule has 3 nitrogen and oxygen atoms in total. The molecule has 0 atom stereocenters. The Bertz CT molecular complexity index is 3150. The van der Waals surface area contributed by atoms with E-state index in [9.17, 15) is 0 Å². The molecule has 3 heterocycles. The van der Waals surface area contributed by atoms with Crippen molar-refractivity contribution in [3.05, 3.63) is 158 Å². The summed E-state index contributed by atoms with van der Waals surface area (Å²) in [6.07, 6.45) is 0. The van der Waals surface area contributed by atoms with Crippen molar-refractivity contribution in [3.8, 4) is 33.8 Å². The molecule has 11 rings (SSSR count). The van der Waals surface area contributed by atoms with Crippen LogP contribution in [0.2, 0.25) is 0 Å². The van der Waals surface area contributed by atoms with Gasteiger partial charge in [0.15, 0.2) is 5.82 Å². The second-order valence-electron chi connectivity index (χ2n) is 12.9. The van der Waals surface area contributed by atoms with Crippen LogP contribution in [0.15, 0.2) is 162 Å². The molecule has 50 heavy (non-hydrogen) atoms. The third kappa shape index (κ3) is 4.09. The molecule has 11 aromatic rings. The van der Waals surface area contributed by atoms with Gasteiger partial charge in [-0.15, -0.1) is 11.3 Å². The molecular weight excluding hydrogens is 629 g/mol. The van der Waals surface area contributed by atoms with Crippen molar-refractivity contribution in [1.29, 1.82) is 0 Å². The van der Waals surface area contributed by atoms with Gasteiger partial charge in [-0.2, -0.15) is 0 Å². The van der Waals surface area contributed by atoms with E-state index in [0.717, 1.165) is 55.0 Å². The van der Waals surface area contributed by atoms with Crippen LogP contribution in [0.25, 0.3) is 108 Å². The van der Waals surface area contributed by atoms with Crippen LogP contribution in [0.3, 0.4) is 0 Å². The number of hydrogen-bond donors (Lipinski definition) is 0. The Morgan fingerprint density at radius 2 is 1.12 bits per heavy atom. The number of benzene rings is 8. The quantitative estimate of drug-likeness (QED) is 0.190. The maximum absolute atomic E-state index is 6.48. The van der Waals surface area contributed by atoms with Gasteiger partial charge in [-0.1, -0.05) is 127 Å². The van der Waals surface area contributed by atoms with Crippen molar-refractivity contribution in [1.82, 2.24) is 9.97 Å². The van der Waals surface area contributed by atoms with E-state index in [1.165, 1.54) is 47.5 Å². The highest BCUT2D eigenvalue weighted by Gasteiger charge is 2.20. The van der Waals surface area contributed by atoms with E-state index < -0.39 is 0 Å². The molecule has 232 valence electrons. The first-order chi connectivity index (χ1) is 24.8. The van der Waals surface area contributed by atoms with Crippen LogP contribution >= 0.6 is 11.3 Å². The van der Waals surface area contributed by atoms with Gasteiger partial charge in [0.1, 0.15) is 11.2 Å². The van der Waals surface area contributed by atoms with Crippen molar-refractivity contribution in [2.75, 3.05) is 0 Å². The predicted octanol–water partition coefficient (Wildman–Crippen LogP) is 13.2. The summed E-state index contributed by atoms with van der Waals surface area (Å²) in [7, 11) is 0. The topological polar surface area (TPSA) is 38.9 Å². The number of thiophene rings is 1. The fraction of sp³-hybridized carbons (Fsp3) is 0. The molecular formula is C46H26N2OS. The average Bonchev–Trinajstić information content (AvgIpc) is 3.77. The second kappa shape index (κ2) is 10.6. The fourth-order valence-electron chi connectivity index (χ4n) is 7.68. The molecule has 0 radical (unpaired) electrons. The standard InChI is InChI=1S/C46H26N2OS/c1-2-10-31-26-32(21-16-27(31)8-1)43-37-23-25-39-42(41-33-11-4-3-9-28(33)22-24-38(41)49-39)44(37)48-46(47-43)30-19-17-29(18-20-30)34-13-7-14-36-35-12-5-6-15-40(35)50-45(34)36/h1-26H. The monoisotopic (exact) mass is 654 g/mol. The average molecular weight is 655 g/mol. The summed E-state index contributed by atoms with van der Waals surface area (Å²) in [6.45, 7) is 0. The Balaban J connectivity index is 1.16. The molecule has 0 unspecified atom stereocenters. The van der Waals surface area contributed by atoms with E-state index in [-0.39, 0.29) is 0 Å². The van der Waals surface area contributed by atoms with Crippen molar-refractivity contribution in [2.45, 2.75) is 0 Å². The largest absolute Gasteiger partial charge is 0.456 e. The zero-order valence-electron chi connectivity index (χ0n) is 26.7.